The third-order valence-corrected chi connectivity index (χ3v) is 5.58. The van der Waals surface area contributed by atoms with Crippen molar-refractivity contribution in [3.05, 3.63) is 81.0 Å². The SMILES string of the molecule is CSc1ccc(-n2c(-c3ccc(C)cc3)cc(=O)n(CC(O)CN(C)C)c2=O)cc1. The first-order valence-electron chi connectivity index (χ1n) is 9.71. The van der Waals surface area contributed by atoms with E-state index in [1.807, 2.05) is 80.7 Å². The highest BCUT2D eigenvalue weighted by molar-refractivity contribution is 7.98. The highest BCUT2D eigenvalue weighted by Gasteiger charge is 2.17. The van der Waals surface area contributed by atoms with Gasteiger partial charge >= 0.3 is 5.69 Å². The van der Waals surface area contributed by atoms with Crippen molar-refractivity contribution in [3.8, 4) is 16.9 Å². The number of likely N-dealkylation sites (N-methyl/N-ethyl adjacent to an activating group) is 1. The monoisotopic (exact) mass is 425 g/mol. The van der Waals surface area contributed by atoms with E-state index in [9.17, 15) is 14.7 Å². The van der Waals surface area contributed by atoms with Crippen molar-refractivity contribution in [2.75, 3.05) is 26.9 Å². The van der Waals surface area contributed by atoms with Crippen LogP contribution in [0.4, 0.5) is 0 Å². The molecule has 0 amide bonds. The van der Waals surface area contributed by atoms with Gasteiger partial charge in [-0.25, -0.2) is 4.79 Å². The van der Waals surface area contributed by atoms with Crippen molar-refractivity contribution >= 4 is 11.8 Å². The van der Waals surface area contributed by atoms with Crippen LogP contribution in [0.5, 0.6) is 0 Å². The minimum Gasteiger partial charge on any atom is -0.390 e. The largest absolute Gasteiger partial charge is 0.390 e. The number of hydrogen-bond donors (Lipinski definition) is 1. The summed E-state index contributed by atoms with van der Waals surface area (Å²) in [7, 11) is 3.66. The van der Waals surface area contributed by atoms with Crippen LogP contribution >= 0.6 is 11.8 Å². The molecule has 1 aromatic heterocycles. The van der Waals surface area contributed by atoms with Crippen molar-refractivity contribution in [1.82, 2.24) is 14.0 Å². The maximum absolute atomic E-state index is 13.4. The number of aryl methyl sites for hydroxylation is 1. The maximum Gasteiger partial charge on any atom is 0.336 e. The van der Waals surface area contributed by atoms with E-state index in [2.05, 4.69) is 0 Å². The van der Waals surface area contributed by atoms with Crippen LogP contribution in [0.25, 0.3) is 16.9 Å². The molecule has 0 saturated heterocycles. The Bertz CT molecular complexity index is 1120. The summed E-state index contributed by atoms with van der Waals surface area (Å²) in [4.78, 5) is 29.1. The Morgan fingerprint density at radius 2 is 1.67 bits per heavy atom. The molecule has 0 fully saturated rings. The lowest BCUT2D eigenvalue weighted by atomic mass is 10.1. The lowest BCUT2D eigenvalue weighted by Gasteiger charge is -2.19. The molecule has 158 valence electrons. The average molecular weight is 426 g/mol. The van der Waals surface area contributed by atoms with Gasteiger partial charge in [-0.05, 0) is 57.1 Å². The average Bonchev–Trinajstić information content (AvgIpc) is 2.71. The van der Waals surface area contributed by atoms with Gasteiger partial charge in [0.1, 0.15) is 0 Å². The summed E-state index contributed by atoms with van der Waals surface area (Å²) in [5.74, 6) is 0. The summed E-state index contributed by atoms with van der Waals surface area (Å²) < 4.78 is 2.65. The Morgan fingerprint density at radius 1 is 1.03 bits per heavy atom. The standard InChI is InChI=1S/C23H27N3O3S/c1-16-5-7-17(8-6-16)21-13-22(28)25(15-19(27)14-24(2)3)23(29)26(21)18-9-11-20(30-4)12-10-18/h5-13,19,27H,14-15H2,1-4H3. The third-order valence-electron chi connectivity index (χ3n) is 4.84. The summed E-state index contributed by atoms with van der Waals surface area (Å²) in [5, 5.41) is 10.3. The molecule has 0 bridgehead atoms. The molecule has 0 saturated carbocycles. The summed E-state index contributed by atoms with van der Waals surface area (Å²) in [6, 6.07) is 16.8. The molecule has 0 aliphatic rings. The smallest absolute Gasteiger partial charge is 0.336 e. The van der Waals surface area contributed by atoms with Crippen LogP contribution < -0.4 is 11.2 Å². The predicted molar refractivity (Wildman–Crippen MR) is 123 cm³/mol. The number of hydrogen-bond acceptors (Lipinski definition) is 5. The lowest BCUT2D eigenvalue weighted by molar-refractivity contribution is 0.117. The maximum atomic E-state index is 13.4. The van der Waals surface area contributed by atoms with Crippen LogP contribution in [0.15, 0.2) is 69.1 Å². The first-order valence-corrected chi connectivity index (χ1v) is 10.9. The number of thioether (sulfide) groups is 1. The quantitative estimate of drug-likeness (QED) is 0.590. The summed E-state index contributed by atoms with van der Waals surface area (Å²) in [6.45, 7) is 2.28. The molecule has 30 heavy (non-hydrogen) atoms. The van der Waals surface area contributed by atoms with E-state index >= 15 is 0 Å². The number of aromatic nitrogens is 2. The van der Waals surface area contributed by atoms with Crippen molar-refractivity contribution in [2.24, 2.45) is 0 Å². The zero-order valence-electron chi connectivity index (χ0n) is 17.7. The van der Waals surface area contributed by atoms with E-state index < -0.39 is 17.4 Å². The summed E-state index contributed by atoms with van der Waals surface area (Å²) in [5.41, 5.74) is 2.18. The van der Waals surface area contributed by atoms with Gasteiger partial charge in [0.05, 0.1) is 24.0 Å². The molecular formula is C23H27N3O3S. The van der Waals surface area contributed by atoms with E-state index in [4.69, 9.17) is 0 Å². The van der Waals surface area contributed by atoms with E-state index in [1.54, 1.807) is 16.3 Å². The molecule has 0 aliphatic heterocycles. The molecule has 6 nitrogen and oxygen atoms in total. The van der Waals surface area contributed by atoms with Crippen molar-refractivity contribution in [1.29, 1.82) is 0 Å². The molecule has 1 heterocycles. The minimum atomic E-state index is -0.831. The second-order valence-corrected chi connectivity index (χ2v) is 8.46. The van der Waals surface area contributed by atoms with Crippen molar-refractivity contribution in [2.45, 2.75) is 24.5 Å². The highest BCUT2D eigenvalue weighted by atomic mass is 32.2. The molecule has 1 N–H and O–H groups in total. The van der Waals surface area contributed by atoms with Crippen molar-refractivity contribution < 1.29 is 5.11 Å². The first-order chi connectivity index (χ1) is 14.3. The van der Waals surface area contributed by atoms with Crippen LogP contribution in [-0.2, 0) is 6.54 Å². The fraction of sp³-hybridized carbons (Fsp3) is 0.304. The van der Waals surface area contributed by atoms with Gasteiger partial charge in [0, 0.05) is 17.5 Å². The van der Waals surface area contributed by atoms with E-state index in [1.165, 1.54) is 6.07 Å². The van der Waals surface area contributed by atoms with Gasteiger partial charge in [-0.15, -0.1) is 11.8 Å². The van der Waals surface area contributed by atoms with Crippen LogP contribution in [0.3, 0.4) is 0 Å². The number of aliphatic hydroxyl groups is 1. The number of benzene rings is 2. The number of rotatable bonds is 7. The lowest BCUT2D eigenvalue weighted by Crippen LogP contribution is -2.43. The van der Waals surface area contributed by atoms with Gasteiger partial charge in [0.15, 0.2) is 0 Å². The van der Waals surface area contributed by atoms with Gasteiger partial charge in [-0.3, -0.25) is 13.9 Å². The van der Waals surface area contributed by atoms with Gasteiger partial charge in [0.2, 0.25) is 0 Å². The number of nitrogens with zero attached hydrogens (tertiary/aromatic N) is 3. The molecule has 3 aromatic rings. The molecule has 1 unspecified atom stereocenters. The van der Waals surface area contributed by atoms with Gasteiger partial charge in [-0.1, -0.05) is 29.8 Å². The Morgan fingerprint density at radius 3 is 2.23 bits per heavy atom. The molecule has 2 aromatic carbocycles. The Hall–Kier alpha value is -2.61. The van der Waals surface area contributed by atoms with Gasteiger partial charge in [-0.2, -0.15) is 0 Å². The van der Waals surface area contributed by atoms with E-state index in [-0.39, 0.29) is 6.54 Å². The van der Waals surface area contributed by atoms with Gasteiger partial charge in [0.25, 0.3) is 5.56 Å². The minimum absolute atomic E-state index is 0.0626. The zero-order valence-corrected chi connectivity index (χ0v) is 18.5. The van der Waals surface area contributed by atoms with Crippen LogP contribution in [0.1, 0.15) is 5.56 Å². The van der Waals surface area contributed by atoms with Crippen LogP contribution in [-0.4, -0.2) is 52.1 Å². The molecule has 7 heteroatoms. The van der Waals surface area contributed by atoms with Crippen LogP contribution in [0.2, 0.25) is 0 Å². The van der Waals surface area contributed by atoms with Crippen LogP contribution in [0, 0.1) is 6.92 Å². The highest BCUT2D eigenvalue weighted by Crippen LogP contribution is 2.22. The Kier molecular flexibility index (Phi) is 6.97. The van der Waals surface area contributed by atoms with Gasteiger partial charge < -0.3 is 10.0 Å². The predicted octanol–water partition coefficient (Wildman–Crippen LogP) is 2.62. The third kappa shape index (κ3) is 4.92. The summed E-state index contributed by atoms with van der Waals surface area (Å²) in [6.07, 6.45) is 1.16. The Labute approximate surface area is 180 Å². The first kappa shape index (κ1) is 22.1. The zero-order chi connectivity index (χ0) is 21.8. The molecule has 0 aliphatic carbocycles. The normalized spacial score (nSPS) is 12.3. The second kappa shape index (κ2) is 9.47. The fourth-order valence-electron chi connectivity index (χ4n) is 3.35. The fourth-order valence-corrected chi connectivity index (χ4v) is 3.76. The molecule has 1 atom stereocenters. The molecule has 0 radical (unpaired) electrons. The topological polar surface area (TPSA) is 67.5 Å². The second-order valence-electron chi connectivity index (χ2n) is 7.58. The molecular weight excluding hydrogens is 398 g/mol. The number of aliphatic hydroxyl groups excluding tert-OH is 1. The molecule has 3 rings (SSSR count). The van der Waals surface area contributed by atoms with E-state index in [0.717, 1.165) is 20.6 Å². The van der Waals surface area contributed by atoms with Crippen molar-refractivity contribution in [3.63, 3.8) is 0 Å². The van der Waals surface area contributed by atoms with E-state index in [0.29, 0.717) is 17.9 Å². The Balaban J connectivity index is 2.20. The summed E-state index contributed by atoms with van der Waals surface area (Å²) >= 11 is 1.62. The molecule has 0 spiro atoms.